The van der Waals surface area contributed by atoms with Crippen molar-refractivity contribution in [1.82, 2.24) is 25.2 Å². The van der Waals surface area contributed by atoms with Gasteiger partial charge in [-0.1, -0.05) is 6.07 Å². The maximum Gasteiger partial charge on any atom is 0.261 e. The molecule has 0 saturated carbocycles. The summed E-state index contributed by atoms with van der Waals surface area (Å²) in [5, 5.41) is 14.1. The number of amides is 1. The number of tetrazole rings is 1. The van der Waals surface area contributed by atoms with Gasteiger partial charge in [-0.2, -0.15) is 4.68 Å². The Bertz CT molecular complexity index is 927. The van der Waals surface area contributed by atoms with Crippen LogP contribution in [0, 0.1) is 13.8 Å². The van der Waals surface area contributed by atoms with E-state index in [-0.39, 0.29) is 5.56 Å². The molecule has 0 bridgehead atoms. The minimum atomic E-state index is -0.477. The second kappa shape index (κ2) is 5.84. The molecule has 0 aliphatic heterocycles. The summed E-state index contributed by atoms with van der Waals surface area (Å²) < 4.78 is 1.58. The van der Waals surface area contributed by atoms with E-state index in [4.69, 9.17) is 0 Å². The molecule has 2 heterocycles. The van der Waals surface area contributed by atoms with Crippen molar-refractivity contribution >= 4 is 11.6 Å². The second-order valence-electron chi connectivity index (χ2n) is 5.01. The smallest absolute Gasteiger partial charge is 0.261 e. The minimum Gasteiger partial charge on any atom is -0.328 e. The molecule has 0 unspecified atom stereocenters. The van der Waals surface area contributed by atoms with Crippen LogP contribution in [0.15, 0.2) is 41.3 Å². The molecule has 0 atom stereocenters. The summed E-state index contributed by atoms with van der Waals surface area (Å²) in [4.78, 5) is 26.3. The van der Waals surface area contributed by atoms with E-state index in [0.29, 0.717) is 11.5 Å². The van der Waals surface area contributed by atoms with Crippen molar-refractivity contribution in [2.45, 2.75) is 13.8 Å². The lowest BCUT2D eigenvalue weighted by atomic mass is 10.1. The van der Waals surface area contributed by atoms with Crippen LogP contribution in [0.5, 0.6) is 0 Å². The fraction of sp³-hybridized carbons (Fsp3) is 0.133. The summed E-state index contributed by atoms with van der Waals surface area (Å²) >= 11 is 0. The zero-order valence-electron chi connectivity index (χ0n) is 12.6. The number of carbonyl (C=O) groups is 1. The fourth-order valence-electron chi connectivity index (χ4n) is 2.17. The monoisotopic (exact) mass is 310 g/mol. The molecule has 23 heavy (non-hydrogen) atoms. The van der Waals surface area contributed by atoms with Crippen molar-refractivity contribution in [3.63, 3.8) is 0 Å². The highest BCUT2D eigenvalue weighted by Gasteiger charge is 2.12. The highest BCUT2D eigenvalue weighted by Crippen LogP contribution is 2.19. The van der Waals surface area contributed by atoms with Crippen molar-refractivity contribution in [2.24, 2.45) is 0 Å². The van der Waals surface area contributed by atoms with Gasteiger partial charge in [0.1, 0.15) is 5.56 Å². The molecule has 2 aromatic heterocycles. The van der Waals surface area contributed by atoms with Gasteiger partial charge in [-0.25, -0.2) is 0 Å². The van der Waals surface area contributed by atoms with Crippen molar-refractivity contribution in [1.29, 1.82) is 0 Å². The van der Waals surface area contributed by atoms with E-state index >= 15 is 0 Å². The molecule has 0 radical (unpaired) electrons. The first-order valence-corrected chi connectivity index (χ1v) is 6.91. The van der Waals surface area contributed by atoms with Gasteiger partial charge in [-0.15, -0.1) is 5.10 Å². The molecule has 8 nitrogen and oxygen atoms in total. The average molecular weight is 310 g/mol. The summed E-state index contributed by atoms with van der Waals surface area (Å²) in [6.07, 6.45) is 1.48. The van der Waals surface area contributed by atoms with Gasteiger partial charge in [-0.05, 0) is 54.1 Å². The van der Waals surface area contributed by atoms with Crippen molar-refractivity contribution in [2.75, 3.05) is 5.32 Å². The molecule has 0 saturated heterocycles. The fourth-order valence-corrected chi connectivity index (χ4v) is 2.17. The standard InChI is InChI=1S/C15H14N6O2/c1-9-5-6-11(8-13(9)21-10(2)18-19-20-21)17-15(23)12-4-3-7-16-14(12)22/h3-8H,1-2H3,(H,16,22)(H,17,23). The maximum absolute atomic E-state index is 12.2. The number of nitrogens with zero attached hydrogens (tertiary/aromatic N) is 4. The number of aryl methyl sites for hydroxylation is 2. The maximum atomic E-state index is 12.2. The van der Waals surface area contributed by atoms with Crippen molar-refractivity contribution in [3.05, 3.63) is 63.8 Å². The summed E-state index contributed by atoms with van der Waals surface area (Å²) in [6.45, 7) is 3.71. The van der Waals surface area contributed by atoms with E-state index in [1.54, 1.807) is 29.8 Å². The molecular formula is C15H14N6O2. The zero-order valence-corrected chi connectivity index (χ0v) is 12.6. The lowest BCUT2D eigenvalue weighted by Gasteiger charge is -2.10. The van der Waals surface area contributed by atoms with Crippen LogP contribution in [0.2, 0.25) is 0 Å². The molecule has 8 heteroatoms. The number of aromatic nitrogens is 5. The van der Waals surface area contributed by atoms with E-state index in [9.17, 15) is 9.59 Å². The number of aromatic amines is 1. The summed E-state index contributed by atoms with van der Waals surface area (Å²) in [6, 6.07) is 8.43. The van der Waals surface area contributed by atoms with E-state index in [1.165, 1.54) is 12.3 Å². The number of anilines is 1. The molecule has 0 spiro atoms. The van der Waals surface area contributed by atoms with Crippen LogP contribution >= 0.6 is 0 Å². The number of hydrogen-bond donors (Lipinski definition) is 2. The Morgan fingerprint density at radius 1 is 1.26 bits per heavy atom. The van der Waals surface area contributed by atoms with Crippen LogP contribution in [0.4, 0.5) is 5.69 Å². The first-order valence-electron chi connectivity index (χ1n) is 6.91. The second-order valence-corrected chi connectivity index (χ2v) is 5.01. The molecule has 2 N–H and O–H groups in total. The van der Waals surface area contributed by atoms with Crippen molar-refractivity contribution in [3.8, 4) is 5.69 Å². The third kappa shape index (κ3) is 2.86. The van der Waals surface area contributed by atoms with E-state index in [1.807, 2.05) is 13.0 Å². The van der Waals surface area contributed by atoms with Gasteiger partial charge in [0.15, 0.2) is 5.82 Å². The zero-order chi connectivity index (χ0) is 16.4. The van der Waals surface area contributed by atoms with Gasteiger partial charge >= 0.3 is 0 Å². The quantitative estimate of drug-likeness (QED) is 0.756. The van der Waals surface area contributed by atoms with Gasteiger partial charge < -0.3 is 10.3 Å². The summed E-state index contributed by atoms with van der Waals surface area (Å²) in [7, 11) is 0. The predicted molar refractivity (Wildman–Crippen MR) is 83.6 cm³/mol. The molecule has 0 fully saturated rings. The number of H-pyrrole nitrogens is 1. The predicted octanol–water partition coefficient (Wildman–Crippen LogP) is 1.22. The molecule has 3 aromatic rings. The van der Waals surface area contributed by atoms with Crippen LogP contribution in [0.1, 0.15) is 21.7 Å². The van der Waals surface area contributed by atoms with Crippen LogP contribution in [-0.4, -0.2) is 31.1 Å². The Hall–Kier alpha value is -3.29. The molecular weight excluding hydrogens is 296 g/mol. The molecule has 116 valence electrons. The van der Waals surface area contributed by atoms with Crippen molar-refractivity contribution < 1.29 is 4.79 Å². The third-order valence-electron chi connectivity index (χ3n) is 3.38. The molecule has 3 rings (SSSR count). The highest BCUT2D eigenvalue weighted by atomic mass is 16.2. The highest BCUT2D eigenvalue weighted by molar-refractivity contribution is 6.04. The van der Waals surface area contributed by atoms with Gasteiger partial charge in [0.25, 0.3) is 11.5 Å². The number of pyridine rings is 1. The Morgan fingerprint density at radius 3 is 2.78 bits per heavy atom. The SMILES string of the molecule is Cc1ccc(NC(=O)c2ccc[nH]c2=O)cc1-n1nnnc1C. The first-order chi connectivity index (χ1) is 11.1. The van der Waals surface area contributed by atoms with Gasteiger partial charge in [0.05, 0.1) is 5.69 Å². The first kappa shape index (κ1) is 14.6. The lowest BCUT2D eigenvalue weighted by Crippen LogP contribution is -2.22. The Labute approximate surface area is 131 Å². The van der Waals surface area contributed by atoms with Gasteiger partial charge in [0.2, 0.25) is 0 Å². The molecule has 1 amide bonds. The van der Waals surface area contributed by atoms with Crippen LogP contribution in [0.25, 0.3) is 5.69 Å². The molecule has 0 aliphatic carbocycles. The van der Waals surface area contributed by atoms with Gasteiger partial charge in [-0.3, -0.25) is 9.59 Å². The summed E-state index contributed by atoms with van der Waals surface area (Å²) in [5.41, 5.74) is 1.87. The molecule has 1 aromatic carbocycles. The number of rotatable bonds is 3. The number of nitrogens with one attached hydrogen (secondary N) is 2. The normalized spacial score (nSPS) is 10.5. The van der Waals surface area contributed by atoms with Crippen LogP contribution in [-0.2, 0) is 0 Å². The van der Waals surface area contributed by atoms with E-state index in [2.05, 4.69) is 25.8 Å². The number of carbonyl (C=O) groups excluding carboxylic acids is 1. The Balaban J connectivity index is 1.93. The van der Waals surface area contributed by atoms with Crippen LogP contribution in [0.3, 0.4) is 0 Å². The minimum absolute atomic E-state index is 0.0493. The van der Waals surface area contributed by atoms with E-state index in [0.717, 1.165) is 11.3 Å². The van der Waals surface area contributed by atoms with Crippen LogP contribution < -0.4 is 10.9 Å². The number of benzene rings is 1. The van der Waals surface area contributed by atoms with E-state index < -0.39 is 11.5 Å². The largest absolute Gasteiger partial charge is 0.328 e. The lowest BCUT2D eigenvalue weighted by molar-refractivity contribution is 0.102. The van der Waals surface area contributed by atoms with Gasteiger partial charge in [0, 0.05) is 11.9 Å². The average Bonchev–Trinajstić information content (AvgIpc) is 2.95. The topological polar surface area (TPSA) is 106 Å². The summed E-state index contributed by atoms with van der Waals surface area (Å²) in [5.74, 6) is 0.158. The Kier molecular flexibility index (Phi) is 3.71. The molecule has 0 aliphatic rings. The third-order valence-corrected chi connectivity index (χ3v) is 3.38. The number of hydrogen-bond acceptors (Lipinski definition) is 5. The Morgan fingerprint density at radius 2 is 2.09 bits per heavy atom.